The van der Waals surface area contributed by atoms with E-state index in [9.17, 15) is 4.39 Å². The molecule has 130 valence electrons. The van der Waals surface area contributed by atoms with Gasteiger partial charge in [0.05, 0.1) is 12.2 Å². The number of aromatic nitrogens is 3. The van der Waals surface area contributed by atoms with Gasteiger partial charge in [-0.15, -0.1) is 0 Å². The Morgan fingerprint density at radius 1 is 1.40 bits per heavy atom. The Morgan fingerprint density at radius 2 is 2.16 bits per heavy atom. The molecule has 2 aromatic heterocycles. The third-order valence-electron chi connectivity index (χ3n) is 3.97. The van der Waals surface area contributed by atoms with Crippen LogP contribution in [0.4, 0.5) is 16.0 Å². The largest absolute Gasteiger partial charge is 0.399 e. The summed E-state index contributed by atoms with van der Waals surface area (Å²) in [6, 6.07) is 1.23. The topological polar surface area (TPSA) is 107 Å². The predicted molar refractivity (Wildman–Crippen MR) is 96.2 cm³/mol. The Kier molecular flexibility index (Phi) is 4.26. The SMILES string of the molecule is C=C(N)c1cc(F)c(N)nc1N/C1=C/C/N=c2\c(c(C)nn2C)=C/C1. The van der Waals surface area contributed by atoms with Crippen LogP contribution in [0.15, 0.2) is 29.4 Å². The molecule has 2 aromatic rings. The molecule has 0 unspecified atom stereocenters. The minimum absolute atomic E-state index is 0.196. The van der Waals surface area contributed by atoms with Gasteiger partial charge in [-0.1, -0.05) is 12.7 Å². The molecule has 0 fully saturated rings. The molecule has 7 nitrogen and oxygen atoms in total. The van der Waals surface area contributed by atoms with Gasteiger partial charge in [-0.05, 0) is 19.1 Å². The van der Waals surface area contributed by atoms with Crippen molar-refractivity contribution in [1.29, 1.82) is 0 Å². The van der Waals surface area contributed by atoms with Gasteiger partial charge in [-0.3, -0.25) is 9.67 Å². The Bertz CT molecular complexity index is 1000. The molecule has 0 saturated heterocycles. The van der Waals surface area contributed by atoms with Gasteiger partial charge in [0.2, 0.25) is 0 Å². The van der Waals surface area contributed by atoms with Crippen molar-refractivity contribution < 1.29 is 4.39 Å². The maximum Gasteiger partial charge on any atom is 0.166 e. The fourth-order valence-corrected chi connectivity index (χ4v) is 2.72. The number of pyridine rings is 1. The molecule has 0 bridgehead atoms. The van der Waals surface area contributed by atoms with E-state index >= 15 is 0 Å². The van der Waals surface area contributed by atoms with Gasteiger partial charge in [0.25, 0.3) is 0 Å². The number of nitrogens with zero attached hydrogens (tertiary/aromatic N) is 4. The maximum absolute atomic E-state index is 13.7. The zero-order valence-corrected chi connectivity index (χ0v) is 14.2. The molecule has 0 spiro atoms. The molecule has 3 rings (SSSR count). The highest BCUT2D eigenvalue weighted by atomic mass is 19.1. The van der Waals surface area contributed by atoms with Crippen LogP contribution in [-0.4, -0.2) is 21.3 Å². The van der Waals surface area contributed by atoms with Crippen molar-refractivity contribution in [2.24, 2.45) is 17.8 Å². The summed E-state index contributed by atoms with van der Waals surface area (Å²) < 4.78 is 15.4. The number of nitrogen functional groups attached to an aromatic ring is 1. The first-order valence-electron chi connectivity index (χ1n) is 7.78. The first kappa shape index (κ1) is 16.7. The average Bonchev–Trinajstić information content (AvgIpc) is 2.77. The second-order valence-electron chi connectivity index (χ2n) is 5.83. The second kappa shape index (κ2) is 6.39. The number of anilines is 2. The number of hydrogen-bond acceptors (Lipinski definition) is 6. The zero-order valence-electron chi connectivity index (χ0n) is 14.2. The summed E-state index contributed by atoms with van der Waals surface area (Å²) in [5, 5.41) is 8.57. The van der Waals surface area contributed by atoms with Crippen molar-refractivity contribution in [2.45, 2.75) is 13.3 Å². The Morgan fingerprint density at radius 3 is 2.88 bits per heavy atom. The van der Waals surface area contributed by atoms with Gasteiger partial charge in [0, 0.05) is 35.6 Å². The number of fused-ring (bicyclic) bond motifs is 1. The van der Waals surface area contributed by atoms with E-state index in [-0.39, 0.29) is 11.5 Å². The number of nitrogens with two attached hydrogens (primary N) is 2. The molecule has 8 heteroatoms. The molecule has 0 aliphatic carbocycles. The highest BCUT2D eigenvalue weighted by Crippen LogP contribution is 2.24. The quantitative estimate of drug-likeness (QED) is 0.757. The lowest BCUT2D eigenvalue weighted by molar-refractivity contribution is 0.627. The van der Waals surface area contributed by atoms with Gasteiger partial charge in [0.15, 0.2) is 17.1 Å². The van der Waals surface area contributed by atoms with Crippen molar-refractivity contribution in [3.63, 3.8) is 0 Å². The molecule has 3 heterocycles. The van der Waals surface area contributed by atoms with Crippen LogP contribution in [0.2, 0.25) is 0 Å². The van der Waals surface area contributed by atoms with E-state index in [4.69, 9.17) is 11.5 Å². The first-order chi connectivity index (χ1) is 11.9. The normalized spacial score (nSPS) is 18.4. The summed E-state index contributed by atoms with van der Waals surface area (Å²) in [6.45, 7) is 6.09. The zero-order chi connectivity index (χ0) is 18.1. The smallest absolute Gasteiger partial charge is 0.166 e. The lowest BCUT2D eigenvalue weighted by atomic mass is 10.1. The summed E-state index contributed by atoms with van der Waals surface area (Å²) in [5.74, 6) is -0.455. The van der Waals surface area contributed by atoms with E-state index in [0.717, 1.165) is 22.1 Å². The van der Waals surface area contributed by atoms with Crippen molar-refractivity contribution in [1.82, 2.24) is 14.8 Å². The molecule has 1 aliphatic rings. The number of allylic oxidation sites excluding steroid dienone is 1. The molecule has 0 amide bonds. The second-order valence-corrected chi connectivity index (χ2v) is 5.83. The van der Waals surface area contributed by atoms with Crippen LogP contribution >= 0.6 is 0 Å². The summed E-state index contributed by atoms with van der Waals surface area (Å²) in [6.07, 6.45) is 4.60. The fraction of sp³-hybridized carbons (Fsp3) is 0.235. The molecule has 0 atom stereocenters. The van der Waals surface area contributed by atoms with Crippen molar-refractivity contribution in [3.8, 4) is 0 Å². The molecule has 0 saturated carbocycles. The fourth-order valence-electron chi connectivity index (χ4n) is 2.72. The molecule has 5 N–H and O–H groups in total. The Hall–Kier alpha value is -3.16. The molecule has 0 radical (unpaired) electrons. The van der Waals surface area contributed by atoms with Gasteiger partial charge in [0.1, 0.15) is 5.82 Å². The van der Waals surface area contributed by atoms with E-state index in [1.54, 1.807) is 4.68 Å². The van der Waals surface area contributed by atoms with Gasteiger partial charge >= 0.3 is 0 Å². The Balaban J connectivity index is 1.96. The third-order valence-corrected chi connectivity index (χ3v) is 3.97. The summed E-state index contributed by atoms with van der Waals surface area (Å²) >= 11 is 0. The number of aryl methyl sites for hydroxylation is 2. The molecule has 0 aromatic carbocycles. The van der Waals surface area contributed by atoms with Gasteiger partial charge in [-0.2, -0.15) is 5.10 Å². The molecular weight excluding hydrogens is 321 g/mol. The molecule has 25 heavy (non-hydrogen) atoms. The van der Waals surface area contributed by atoms with Crippen LogP contribution in [0, 0.1) is 12.7 Å². The standard InChI is InChI=1S/C17H20FN7/c1-9(19)13-8-14(18)15(20)23-16(13)22-11-4-5-12-10(2)24-25(3)17(12)21-7-6-11/h5-6,8H,1,4,7,19H2,2-3H3,(H3,20,22,23)/b11-6+,12-5-,21-17+. The highest BCUT2D eigenvalue weighted by Gasteiger charge is 2.13. The number of halogens is 1. The van der Waals surface area contributed by atoms with Crippen LogP contribution in [0.25, 0.3) is 11.8 Å². The van der Waals surface area contributed by atoms with Crippen molar-refractivity contribution >= 4 is 23.4 Å². The Labute approximate surface area is 144 Å². The van der Waals surface area contributed by atoms with Gasteiger partial charge in [-0.25, -0.2) is 9.37 Å². The average molecular weight is 341 g/mol. The monoisotopic (exact) mass is 341 g/mol. The number of hydrogen-bond donors (Lipinski definition) is 3. The summed E-state index contributed by atoms with van der Waals surface area (Å²) in [4.78, 5) is 8.61. The number of rotatable bonds is 3. The minimum Gasteiger partial charge on any atom is -0.399 e. The number of nitrogens with one attached hydrogen (secondary N) is 1. The van der Waals surface area contributed by atoms with Crippen LogP contribution in [0.1, 0.15) is 17.7 Å². The van der Waals surface area contributed by atoms with Crippen molar-refractivity contribution in [3.05, 3.63) is 52.2 Å². The lowest BCUT2D eigenvalue weighted by Gasteiger charge is -2.14. The van der Waals surface area contributed by atoms with E-state index in [1.807, 2.05) is 26.1 Å². The van der Waals surface area contributed by atoms with E-state index in [0.29, 0.717) is 24.3 Å². The van der Waals surface area contributed by atoms with Crippen LogP contribution in [0.5, 0.6) is 0 Å². The van der Waals surface area contributed by atoms with E-state index < -0.39 is 5.82 Å². The third kappa shape index (κ3) is 3.23. The van der Waals surface area contributed by atoms with Crippen LogP contribution < -0.4 is 27.5 Å². The highest BCUT2D eigenvalue weighted by molar-refractivity contribution is 5.73. The summed E-state index contributed by atoms with van der Waals surface area (Å²) in [5.41, 5.74) is 14.5. The molecular formula is C17H20FN7. The molecule has 1 aliphatic heterocycles. The summed E-state index contributed by atoms with van der Waals surface area (Å²) in [7, 11) is 1.87. The van der Waals surface area contributed by atoms with Crippen LogP contribution in [0.3, 0.4) is 0 Å². The first-order valence-corrected chi connectivity index (χ1v) is 7.78. The van der Waals surface area contributed by atoms with Crippen molar-refractivity contribution in [2.75, 3.05) is 17.6 Å². The lowest BCUT2D eigenvalue weighted by Crippen LogP contribution is -2.30. The van der Waals surface area contributed by atoms with E-state index in [2.05, 4.69) is 27.0 Å². The van der Waals surface area contributed by atoms with Crippen LogP contribution in [-0.2, 0) is 7.05 Å². The minimum atomic E-state index is -0.629. The maximum atomic E-state index is 13.7. The van der Waals surface area contributed by atoms with E-state index in [1.165, 1.54) is 6.07 Å². The predicted octanol–water partition coefficient (Wildman–Crippen LogP) is 0.574. The van der Waals surface area contributed by atoms with Gasteiger partial charge < -0.3 is 16.8 Å².